The van der Waals surface area contributed by atoms with E-state index < -0.39 is 29.1 Å². The molecule has 1 saturated carbocycles. The van der Waals surface area contributed by atoms with Gasteiger partial charge in [0.2, 0.25) is 0 Å². The molecule has 0 saturated heterocycles. The molecular formula is C27H26ClF4N3O2. The summed E-state index contributed by atoms with van der Waals surface area (Å²) in [7, 11) is 1.60. The summed E-state index contributed by atoms with van der Waals surface area (Å²) in [6, 6.07) is 13.4. The zero-order chi connectivity index (χ0) is 26.6. The van der Waals surface area contributed by atoms with E-state index in [0.29, 0.717) is 29.5 Å². The number of urea groups is 1. The molecule has 2 N–H and O–H groups in total. The Morgan fingerprint density at radius 1 is 1.08 bits per heavy atom. The lowest BCUT2D eigenvalue weighted by atomic mass is 9.79. The molecule has 1 aliphatic rings. The molecule has 1 aromatic heterocycles. The Kier molecular flexibility index (Phi) is 8.04. The molecule has 3 atom stereocenters. The molecule has 1 fully saturated rings. The summed E-state index contributed by atoms with van der Waals surface area (Å²) in [5.41, 5.74) is -2.03. The number of hydrogen-bond acceptors (Lipinski definition) is 3. The van der Waals surface area contributed by atoms with Gasteiger partial charge in [0.15, 0.2) is 0 Å². The Morgan fingerprint density at radius 2 is 1.81 bits per heavy atom. The van der Waals surface area contributed by atoms with Crippen molar-refractivity contribution in [3.05, 3.63) is 100 Å². The fourth-order valence-electron chi connectivity index (χ4n) is 4.75. The number of aromatic nitrogens is 1. The van der Waals surface area contributed by atoms with Gasteiger partial charge in [-0.25, -0.2) is 9.18 Å². The molecule has 2 aromatic carbocycles. The van der Waals surface area contributed by atoms with E-state index in [2.05, 4.69) is 15.6 Å². The molecule has 0 spiro atoms. The van der Waals surface area contributed by atoms with Crippen molar-refractivity contribution in [3.8, 4) is 0 Å². The van der Waals surface area contributed by atoms with Crippen LogP contribution in [-0.2, 0) is 22.9 Å². The number of carbonyl (C=O) groups excluding carboxylic acids is 1. The smallest absolute Gasteiger partial charge is 0.381 e. The molecule has 2 amide bonds. The molecule has 0 aliphatic heterocycles. The van der Waals surface area contributed by atoms with Gasteiger partial charge in [0.25, 0.3) is 0 Å². The van der Waals surface area contributed by atoms with Crippen molar-refractivity contribution in [3.63, 3.8) is 0 Å². The lowest BCUT2D eigenvalue weighted by molar-refractivity contribution is -0.137. The Bertz CT molecular complexity index is 1220. The second-order valence-electron chi connectivity index (χ2n) is 9.12. The largest absolute Gasteiger partial charge is 0.416 e. The van der Waals surface area contributed by atoms with Crippen molar-refractivity contribution in [1.29, 1.82) is 0 Å². The van der Waals surface area contributed by atoms with E-state index in [-0.39, 0.29) is 29.8 Å². The highest BCUT2D eigenvalue weighted by Gasteiger charge is 2.41. The van der Waals surface area contributed by atoms with Crippen LogP contribution in [0, 0.1) is 5.82 Å². The third-order valence-electron chi connectivity index (χ3n) is 6.57. The monoisotopic (exact) mass is 535 g/mol. The topological polar surface area (TPSA) is 63.2 Å². The first-order valence-corrected chi connectivity index (χ1v) is 12.1. The number of halogens is 5. The van der Waals surface area contributed by atoms with Crippen molar-refractivity contribution >= 4 is 17.6 Å². The van der Waals surface area contributed by atoms with Crippen LogP contribution in [0.2, 0.25) is 5.02 Å². The number of hydrogen-bond donors (Lipinski definition) is 2. The highest BCUT2D eigenvalue weighted by Crippen LogP contribution is 2.38. The van der Waals surface area contributed by atoms with Gasteiger partial charge in [0, 0.05) is 25.8 Å². The van der Waals surface area contributed by atoms with E-state index >= 15 is 0 Å². The molecule has 0 unspecified atom stereocenters. The van der Waals surface area contributed by atoms with Crippen LogP contribution in [0.1, 0.15) is 41.6 Å². The summed E-state index contributed by atoms with van der Waals surface area (Å²) in [5.74, 6) is -1.09. The van der Waals surface area contributed by atoms with Crippen LogP contribution in [-0.4, -0.2) is 30.3 Å². The maximum atomic E-state index is 14.7. The van der Waals surface area contributed by atoms with Gasteiger partial charge in [-0.05, 0) is 60.7 Å². The van der Waals surface area contributed by atoms with Crippen molar-refractivity contribution in [1.82, 2.24) is 15.6 Å². The van der Waals surface area contributed by atoms with Crippen LogP contribution in [0.25, 0.3) is 0 Å². The number of pyridine rings is 1. The van der Waals surface area contributed by atoms with Crippen molar-refractivity contribution in [2.75, 3.05) is 7.11 Å². The SMILES string of the molecule is CO[C@@H]1CC[C@@H](NC(=O)N[C@@](Cc2ccccc2)(c2cc(F)cc(C(F)(F)F)c2)c2ccc(Cl)cn2)C1. The number of ether oxygens (including phenoxy) is 1. The number of carbonyl (C=O) groups is 1. The summed E-state index contributed by atoms with van der Waals surface area (Å²) in [5, 5.41) is 6.06. The first-order chi connectivity index (χ1) is 17.6. The Labute approximate surface area is 217 Å². The Hall–Kier alpha value is -3.17. The maximum Gasteiger partial charge on any atom is 0.416 e. The molecule has 196 valence electrons. The fraction of sp³-hybridized carbons (Fsp3) is 0.333. The molecule has 10 heteroatoms. The molecule has 37 heavy (non-hydrogen) atoms. The van der Waals surface area contributed by atoms with Gasteiger partial charge in [-0.1, -0.05) is 41.9 Å². The van der Waals surface area contributed by atoms with Crippen molar-refractivity contribution < 1.29 is 27.1 Å². The number of nitrogens with zero attached hydrogens (tertiary/aromatic N) is 1. The minimum Gasteiger partial charge on any atom is -0.381 e. The second kappa shape index (κ2) is 11.1. The number of rotatable bonds is 7. The average Bonchev–Trinajstić information content (AvgIpc) is 3.31. The molecular weight excluding hydrogens is 510 g/mol. The zero-order valence-electron chi connectivity index (χ0n) is 20.0. The van der Waals surface area contributed by atoms with E-state index in [9.17, 15) is 22.4 Å². The highest BCUT2D eigenvalue weighted by molar-refractivity contribution is 6.30. The van der Waals surface area contributed by atoms with Crippen LogP contribution < -0.4 is 10.6 Å². The van der Waals surface area contributed by atoms with Gasteiger partial charge in [0.1, 0.15) is 11.4 Å². The van der Waals surface area contributed by atoms with Crippen LogP contribution in [0.4, 0.5) is 22.4 Å². The van der Waals surface area contributed by atoms with Gasteiger partial charge in [-0.15, -0.1) is 0 Å². The second-order valence-corrected chi connectivity index (χ2v) is 9.56. The quantitative estimate of drug-likeness (QED) is 0.352. The lowest BCUT2D eigenvalue weighted by Gasteiger charge is -2.36. The van der Waals surface area contributed by atoms with Crippen LogP contribution in [0.5, 0.6) is 0 Å². The summed E-state index contributed by atoms with van der Waals surface area (Å²) in [6.45, 7) is 0. The van der Waals surface area contributed by atoms with E-state index in [1.54, 1.807) is 37.4 Å². The fourth-order valence-corrected chi connectivity index (χ4v) is 4.86. The first-order valence-electron chi connectivity index (χ1n) is 11.7. The molecule has 1 aliphatic carbocycles. The maximum absolute atomic E-state index is 14.7. The average molecular weight is 536 g/mol. The number of methoxy groups -OCH3 is 1. The third kappa shape index (κ3) is 6.40. The predicted molar refractivity (Wildman–Crippen MR) is 132 cm³/mol. The number of amides is 2. The minimum atomic E-state index is -4.80. The zero-order valence-corrected chi connectivity index (χ0v) is 20.7. The molecule has 0 radical (unpaired) electrons. The highest BCUT2D eigenvalue weighted by atomic mass is 35.5. The standard InChI is InChI=1S/C27H26ClF4N3O2/c1-37-23-9-8-22(14-23)34-25(36)35-26(15-17-5-3-2-4-6-17,24-10-7-20(28)16-33-24)18-11-19(27(30,31)32)13-21(29)12-18/h2-7,10-13,16,22-23H,8-9,14-15H2,1H3,(H2,34,35,36)/t22-,23-,26+/m1/s1. The summed E-state index contributed by atoms with van der Waals surface area (Å²) in [6.07, 6.45) is -1.39. The third-order valence-corrected chi connectivity index (χ3v) is 6.80. The van der Waals surface area contributed by atoms with E-state index in [4.69, 9.17) is 16.3 Å². The molecule has 3 aromatic rings. The molecule has 5 nitrogen and oxygen atoms in total. The molecule has 4 rings (SSSR count). The number of benzene rings is 2. The summed E-state index contributed by atoms with van der Waals surface area (Å²) >= 11 is 6.04. The number of nitrogens with one attached hydrogen (secondary N) is 2. The summed E-state index contributed by atoms with van der Waals surface area (Å²) in [4.78, 5) is 17.7. The summed E-state index contributed by atoms with van der Waals surface area (Å²) < 4.78 is 61.2. The molecule has 0 bridgehead atoms. The minimum absolute atomic E-state index is 0.00199. The first kappa shape index (κ1) is 26.9. The van der Waals surface area contributed by atoms with Crippen LogP contribution in [0.3, 0.4) is 0 Å². The van der Waals surface area contributed by atoms with E-state index in [1.807, 2.05) is 0 Å². The lowest BCUT2D eigenvalue weighted by Crippen LogP contribution is -2.54. The van der Waals surface area contributed by atoms with Crippen molar-refractivity contribution in [2.24, 2.45) is 0 Å². The van der Waals surface area contributed by atoms with Gasteiger partial charge in [0.05, 0.1) is 22.4 Å². The Morgan fingerprint density at radius 3 is 2.43 bits per heavy atom. The van der Waals surface area contributed by atoms with Gasteiger partial charge >= 0.3 is 12.2 Å². The van der Waals surface area contributed by atoms with Crippen LogP contribution >= 0.6 is 11.6 Å². The number of alkyl halides is 3. The predicted octanol–water partition coefficient (Wildman–Crippen LogP) is 6.25. The van der Waals surface area contributed by atoms with E-state index in [1.165, 1.54) is 18.3 Å². The van der Waals surface area contributed by atoms with Gasteiger partial charge in [-0.2, -0.15) is 13.2 Å². The van der Waals surface area contributed by atoms with Crippen molar-refractivity contribution in [2.45, 2.75) is 49.5 Å². The van der Waals surface area contributed by atoms with E-state index in [0.717, 1.165) is 18.6 Å². The Balaban J connectivity index is 1.84. The normalized spacial score (nSPS) is 19.3. The van der Waals surface area contributed by atoms with Gasteiger partial charge in [-0.3, -0.25) is 4.98 Å². The van der Waals surface area contributed by atoms with Crippen LogP contribution in [0.15, 0.2) is 66.9 Å². The van der Waals surface area contributed by atoms with Gasteiger partial charge < -0.3 is 15.4 Å². The molecule has 1 heterocycles.